The van der Waals surface area contributed by atoms with E-state index in [1.54, 1.807) is 0 Å². The maximum absolute atomic E-state index is 11.7. The summed E-state index contributed by atoms with van der Waals surface area (Å²) in [5.74, 6) is 0.0658. The van der Waals surface area contributed by atoms with Crippen molar-refractivity contribution in [1.29, 1.82) is 0 Å². The molecule has 0 unspecified atom stereocenters. The van der Waals surface area contributed by atoms with E-state index in [-0.39, 0.29) is 5.91 Å². The van der Waals surface area contributed by atoms with Gasteiger partial charge in [-0.3, -0.25) is 4.79 Å². The number of hydrogen-bond acceptors (Lipinski definition) is 3. The molecular formula is C13H18BrN3O. The number of carbonyl (C=O) groups is 1. The van der Waals surface area contributed by atoms with E-state index in [1.807, 2.05) is 6.07 Å². The molecule has 2 rings (SSSR count). The molecule has 4 nitrogen and oxygen atoms in total. The van der Waals surface area contributed by atoms with Crippen molar-refractivity contribution in [3.63, 3.8) is 0 Å². The number of fused-ring (bicyclic) bond motifs is 1. The zero-order valence-electron chi connectivity index (χ0n) is 10.5. The highest BCUT2D eigenvalue weighted by atomic mass is 79.9. The molecule has 1 heterocycles. The van der Waals surface area contributed by atoms with Gasteiger partial charge in [0, 0.05) is 24.0 Å². The number of benzene rings is 1. The summed E-state index contributed by atoms with van der Waals surface area (Å²) >= 11 is 3.52. The topological polar surface area (TPSA) is 58.4 Å². The molecule has 18 heavy (non-hydrogen) atoms. The van der Waals surface area contributed by atoms with Crippen molar-refractivity contribution in [1.82, 2.24) is 0 Å². The quantitative estimate of drug-likeness (QED) is 0.900. The first kappa shape index (κ1) is 13.4. The number of nitrogens with two attached hydrogens (primary N) is 1. The Morgan fingerprint density at radius 1 is 1.50 bits per heavy atom. The number of amides is 1. The van der Waals surface area contributed by atoms with Crippen LogP contribution in [-0.2, 0) is 4.79 Å². The number of halogens is 1. The van der Waals surface area contributed by atoms with Crippen molar-refractivity contribution in [2.45, 2.75) is 19.8 Å². The Kier molecular flexibility index (Phi) is 4.24. The minimum Gasteiger partial charge on any atom is -0.369 e. The molecule has 0 saturated carbocycles. The Balaban J connectivity index is 2.39. The lowest BCUT2D eigenvalue weighted by Gasteiger charge is -2.25. The lowest BCUT2D eigenvalue weighted by atomic mass is 10.1. The van der Waals surface area contributed by atoms with Crippen LogP contribution in [0.2, 0.25) is 0 Å². The molecular weight excluding hydrogens is 294 g/mol. The molecule has 1 aliphatic rings. The smallest absolute Gasteiger partial charge is 0.226 e. The van der Waals surface area contributed by atoms with Crippen LogP contribution < -0.4 is 16.0 Å². The van der Waals surface area contributed by atoms with E-state index >= 15 is 0 Å². The fraction of sp³-hybridized carbons (Fsp3) is 0.462. The van der Waals surface area contributed by atoms with E-state index in [0.29, 0.717) is 13.0 Å². The Bertz CT molecular complexity index is 462. The van der Waals surface area contributed by atoms with Gasteiger partial charge in [0.1, 0.15) is 0 Å². The highest BCUT2D eigenvalue weighted by Crippen LogP contribution is 2.36. The third-order valence-electron chi connectivity index (χ3n) is 3.06. The number of rotatable bonds is 3. The summed E-state index contributed by atoms with van der Waals surface area (Å²) < 4.78 is 0.936. The van der Waals surface area contributed by atoms with Crippen molar-refractivity contribution in [3.8, 4) is 0 Å². The van der Waals surface area contributed by atoms with Crippen LogP contribution in [0.15, 0.2) is 16.6 Å². The molecule has 0 aromatic heterocycles. The number of aryl methyl sites for hydroxylation is 1. The zero-order chi connectivity index (χ0) is 13.1. The summed E-state index contributed by atoms with van der Waals surface area (Å²) in [5, 5.41) is 2.97. The van der Waals surface area contributed by atoms with Gasteiger partial charge in [-0.05, 0) is 53.5 Å². The van der Waals surface area contributed by atoms with Gasteiger partial charge in [-0.2, -0.15) is 0 Å². The molecule has 0 saturated heterocycles. The Labute approximate surface area is 116 Å². The van der Waals surface area contributed by atoms with E-state index in [4.69, 9.17) is 5.73 Å². The van der Waals surface area contributed by atoms with Gasteiger partial charge in [0.25, 0.3) is 0 Å². The predicted molar refractivity (Wildman–Crippen MR) is 78.0 cm³/mol. The Hall–Kier alpha value is -1.07. The summed E-state index contributed by atoms with van der Waals surface area (Å²) in [6, 6.07) is 4.13. The summed E-state index contributed by atoms with van der Waals surface area (Å²) in [6.07, 6.45) is 1.45. The third kappa shape index (κ3) is 2.84. The van der Waals surface area contributed by atoms with Gasteiger partial charge in [0.15, 0.2) is 0 Å². The van der Waals surface area contributed by atoms with E-state index in [2.05, 4.69) is 39.1 Å². The molecule has 0 atom stereocenters. The molecule has 1 aliphatic heterocycles. The number of hydrogen-bond donors (Lipinski definition) is 2. The maximum atomic E-state index is 11.7. The predicted octanol–water partition coefficient (Wildman–Crippen LogP) is 2.25. The molecule has 5 heteroatoms. The second-order valence-electron chi connectivity index (χ2n) is 4.57. The van der Waals surface area contributed by atoms with Crippen LogP contribution in [0.5, 0.6) is 0 Å². The summed E-state index contributed by atoms with van der Waals surface area (Å²) in [4.78, 5) is 14.0. The van der Waals surface area contributed by atoms with E-state index < -0.39 is 0 Å². The van der Waals surface area contributed by atoms with Crippen LogP contribution in [0.3, 0.4) is 0 Å². The Morgan fingerprint density at radius 2 is 2.28 bits per heavy atom. The first-order valence-electron chi connectivity index (χ1n) is 6.17. The SMILES string of the molecule is Cc1cc(Br)c2c(c1)N(CCCN)CCC(=O)N2. The van der Waals surface area contributed by atoms with Crippen LogP contribution >= 0.6 is 15.9 Å². The first-order valence-corrected chi connectivity index (χ1v) is 6.96. The third-order valence-corrected chi connectivity index (χ3v) is 3.69. The zero-order valence-corrected chi connectivity index (χ0v) is 12.1. The number of nitrogens with one attached hydrogen (secondary N) is 1. The van der Waals surface area contributed by atoms with Crippen LogP contribution in [0.25, 0.3) is 0 Å². The van der Waals surface area contributed by atoms with Crippen molar-refractivity contribution in [2.75, 3.05) is 29.9 Å². The van der Waals surface area contributed by atoms with Crippen molar-refractivity contribution in [3.05, 3.63) is 22.2 Å². The molecule has 0 fully saturated rings. The standard InChI is InChI=1S/C13H18BrN3O/c1-9-7-10(14)13-11(8-9)17(5-2-4-15)6-3-12(18)16-13/h7-8H,2-6,15H2,1H3,(H,16,18). The molecule has 0 radical (unpaired) electrons. The van der Waals surface area contributed by atoms with E-state index in [9.17, 15) is 4.79 Å². The largest absolute Gasteiger partial charge is 0.369 e. The van der Waals surface area contributed by atoms with Crippen LogP contribution in [0, 0.1) is 6.92 Å². The number of anilines is 2. The van der Waals surface area contributed by atoms with Gasteiger partial charge in [0.2, 0.25) is 5.91 Å². The maximum Gasteiger partial charge on any atom is 0.226 e. The van der Waals surface area contributed by atoms with Crippen molar-refractivity contribution >= 4 is 33.2 Å². The average molecular weight is 312 g/mol. The van der Waals surface area contributed by atoms with Crippen molar-refractivity contribution in [2.24, 2.45) is 5.73 Å². The monoisotopic (exact) mass is 311 g/mol. The van der Waals surface area contributed by atoms with E-state index in [1.165, 1.54) is 5.56 Å². The van der Waals surface area contributed by atoms with Gasteiger partial charge in [0.05, 0.1) is 11.4 Å². The fourth-order valence-corrected chi connectivity index (χ4v) is 2.83. The second kappa shape index (κ2) is 5.71. The minimum absolute atomic E-state index is 0.0658. The number of carbonyl (C=O) groups excluding carboxylic acids is 1. The fourth-order valence-electron chi connectivity index (χ4n) is 2.17. The molecule has 1 aromatic carbocycles. The van der Waals surface area contributed by atoms with Crippen LogP contribution in [-0.4, -0.2) is 25.5 Å². The lowest BCUT2D eigenvalue weighted by Crippen LogP contribution is -2.27. The summed E-state index contributed by atoms with van der Waals surface area (Å²) in [6.45, 7) is 4.35. The minimum atomic E-state index is 0.0658. The molecule has 1 aromatic rings. The van der Waals surface area contributed by atoms with Gasteiger partial charge >= 0.3 is 0 Å². The first-order chi connectivity index (χ1) is 8.61. The Morgan fingerprint density at radius 3 is 3.00 bits per heavy atom. The highest BCUT2D eigenvalue weighted by Gasteiger charge is 2.21. The van der Waals surface area contributed by atoms with Crippen LogP contribution in [0.1, 0.15) is 18.4 Å². The lowest BCUT2D eigenvalue weighted by molar-refractivity contribution is -0.115. The summed E-state index contributed by atoms with van der Waals surface area (Å²) in [7, 11) is 0. The summed E-state index contributed by atoms with van der Waals surface area (Å²) in [5.41, 5.74) is 8.71. The second-order valence-corrected chi connectivity index (χ2v) is 5.42. The van der Waals surface area contributed by atoms with Crippen molar-refractivity contribution < 1.29 is 4.79 Å². The van der Waals surface area contributed by atoms with E-state index in [0.717, 1.165) is 35.4 Å². The van der Waals surface area contributed by atoms with Gasteiger partial charge < -0.3 is 16.0 Å². The molecule has 0 aliphatic carbocycles. The normalized spacial score (nSPS) is 15.1. The highest BCUT2D eigenvalue weighted by molar-refractivity contribution is 9.10. The molecule has 0 bridgehead atoms. The number of nitrogens with zero attached hydrogens (tertiary/aromatic N) is 1. The van der Waals surface area contributed by atoms with Gasteiger partial charge in [-0.25, -0.2) is 0 Å². The van der Waals surface area contributed by atoms with Gasteiger partial charge in [-0.1, -0.05) is 0 Å². The average Bonchev–Trinajstić information content (AvgIpc) is 2.47. The van der Waals surface area contributed by atoms with Crippen LogP contribution in [0.4, 0.5) is 11.4 Å². The van der Waals surface area contributed by atoms with Gasteiger partial charge in [-0.15, -0.1) is 0 Å². The molecule has 98 valence electrons. The molecule has 0 spiro atoms. The molecule has 1 amide bonds. The molecule has 3 N–H and O–H groups in total.